The summed E-state index contributed by atoms with van der Waals surface area (Å²) in [7, 11) is 4.05. The van der Waals surface area contributed by atoms with E-state index in [4.69, 9.17) is 4.99 Å². The maximum Gasteiger partial charge on any atom is 0.267 e. The van der Waals surface area contributed by atoms with Gasteiger partial charge >= 0.3 is 0 Å². The number of allylic oxidation sites excluding steroid dienone is 1. The van der Waals surface area contributed by atoms with Gasteiger partial charge in [0.2, 0.25) is 0 Å². The molecule has 0 spiro atoms. The molecule has 1 N–H and O–H groups in total. The Kier molecular flexibility index (Phi) is 7.84. The second kappa shape index (κ2) is 11.4. The molecule has 1 atom stereocenters. The maximum absolute atomic E-state index is 13.9. The van der Waals surface area contributed by atoms with Gasteiger partial charge in [-0.2, -0.15) is 5.26 Å². The fourth-order valence-electron chi connectivity index (χ4n) is 4.30. The summed E-state index contributed by atoms with van der Waals surface area (Å²) in [6.07, 6.45) is 1.79. The molecule has 0 aliphatic carbocycles. The number of likely N-dealkylation sites (N-methyl/N-ethyl adjacent to an activating group) is 1. The first-order valence-electron chi connectivity index (χ1n) is 12.4. The monoisotopic (exact) mass is 540 g/mol. The minimum Gasteiger partial charge on any atom is -0.382 e. The normalized spacial score (nSPS) is 19.8. The van der Waals surface area contributed by atoms with Crippen LogP contribution >= 0.6 is 23.5 Å². The number of nitriles is 1. The average Bonchev–Trinajstić information content (AvgIpc) is 3.41. The smallest absolute Gasteiger partial charge is 0.267 e. The van der Waals surface area contributed by atoms with E-state index in [1.807, 2.05) is 56.6 Å². The van der Waals surface area contributed by atoms with E-state index in [0.29, 0.717) is 27.9 Å². The summed E-state index contributed by atoms with van der Waals surface area (Å²) in [6, 6.07) is 21.6. The molecule has 2 aliphatic rings. The van der Waals surface area contributed by atoms with Crippen molar-refractivity contribution in [1.82, 2.24) is 14.8 Å². The zero-order chi connectivity index (χ0) is 26.6. The van der Waals surface area contributed by atoms with Crippen LogP contribution in [0, 0.1) is 11.3 Å². The molecule has 7 nitrogen and oxygen atoms in total. The topological polar surface area (TPSA) is 84.6 Å². The van der Waals surface area contributed by atoms with Crippen molar-refractivity contribution >= 4 is 46.0 Å². The van der Waals surface area contributed by atoms with Crippen molar-refractivity contribution in [2.45, 2.75) is 24.4 Å². The molecule has 9 heteroatoms. The second-order valence-corrected chi connectivity index (χ2v) is 11.4. The Hall–Kier alpha value is -3.58. The van der Waals surface area contributed by atoms with Crippen molar-refractivity contribution in [3.63, 3.8) is 0 Å². The number of rotatable bonds is 7. The number of hydrogen-bond acceptors (Lipinski definition) is 8. The lowest BCUT2D eigenvalue weighted by Gasteiger charge is -2.17. The molecule has 1 unspecified atom stereocenters. The lowest BCUT2D eigenvalue weighted by atomic mass is 10.0. The van der Waals surface area contributed by atoms with Gasteiger partial charge in [0.1, 0.15) is 5.03 Å². The fourth-order valence-corrected chi connectivity index (χ4v) is 6.78. The van der Waals surface area contributed by atoms with Crippen LogP contribution in [0.3, 0.4) is 0 Å². The number of amides is 1. The summed E-state index contributed by atoms with van der Waals surface area (Å²) in [5.41, 5.74) is 4.15. The average molecular weight is 541 g/mol. The number of nitrogens with one attached hydrogen (secondary N) is 1. The van der Waals surface area contributed by atoms with E-state index in [1.165, 1.54) is 11.8 Å². The van der Waals surface area contributed by atoms with Crippen molar-refractivity contribution in [2.75, 3.05) is 32.5 Å². The van der Waals surface area contributed by atoms with E-state index in [1.54, 1.807) is 35.0 Å². The quantitative estimate of drug-likeness (QED) is 0.379. The van der Waals surface area contributed by atoms with Crippen LogP contribution in [0.5, 0.6) is 0 Å². The molecular formula is C29H28N6OS2. The number of anilines is 1. The second-order valence-electron chi connectivity index (χ2n) is 9.36. The number of carbonyl (C=O) groups excluding carboxylic acids is 1. The van der Waals surface area contributed by atoms with Crippen molar-refractivity contribution in [2.24, 2.45) is 4.99 Å². The molecule has 3 heterocycles. The van der Waals surface area contributed by atoms with Crippen LogP contribution < -0.4 is 5.32 Å². The number of fused-ring (bicyclic) bond motifs is 1. The predicted octanol–water partition coefficient (Wildman–Crippen LogP) is 5.81. The van der Waals surface area contributed by atoms with Crippen LogP contribution in [0.4, 0.5) is 11.4 Å². The minimum absolute atomic E-state index is 0.0571. The number of pyridine rings is 1. The molecule has 1 fully saturated rings. The standard InChI is InChI=1S/C29H28N6OS2/c1-19-22-10-7-13-32-27(22)37-25(19)26-28(36)35(18-20-8-5-4-6-9-20)29(38-26)33-24-16-21(17-30)11-12-23(24)31-14-15-34(2)3/h4-13,16,19,31H,14-15,18H2,1-3H3. The number of hydrogen-bond donors (Lipinski definition) is 1. The number of thioether (sulfide) groups is 2. The van der Waals surface area contributed by atoms with E-state index < -0.39 is 0 Å². The number of aromatic nitrogens is 1. The molecular weight excluding hydrogens is 512 g/mol. The van der Waals surface area contributed by atoms with Crippen molar-refractivity contribution in [1.29, 1.82) is 5.26 Å². The summed E-state index contributed by atoms with van der Waals surface area (Å²) in [4.78, 5) is 29.0. The van der Waals surface area contributed by atoms with E-state index >= 15 is 0 Å². The highest BCUT2D eigenvalue weighted by molar-refractivity contribution is 8.19. The third-order valence-corrected chi connectivity index (χ3v) is 8.89. The van der Waals surface area contributed by atoms with Gasteiger partial charge in [-0.25, -0.2) is 9.98 Å². The highest BCUT2D eigenvalue weighted by atomic mass is 32.2. The van der Waals surface area contributed by atoms with Crippen molar-refractivity contribution in [3.05, 3.63) is 93.4 Å². The van der Waals surface area contributed by atoms with Crippen LogP contribution in [-0.2, 0) is 11.3 Å². The molecule has 5 rings (SSSR count). The van der Waals surface area contributed by atoms with Gasteiger partial charge < -0.3 is 10.2 Å². The third-order valence-electron chi connectivity index (χ3n) is 6.36. The molecule has 0 saturated carbocycles. The number of benzene rings is 2. The summed E-state index contributed by atoms with van der Waals surface area (Å²) < 4.78 is 0. The third kappa shape index (κ3) is 5.48. The van der Waals surface area contributed by atoms with E-state index in [0.717, 1.165) is 39.8 Å². The van der Waals surface area contributed by atoms with Gasteiger partial charge in [-0.15, -0.1) is 0 Å². The lowest BCUT2D eigenvalue weighted by molar-refractivity contribution is -0.122. The summed E-state index contributed by atoms with van der Waals surface area (Å²) in [5, 5.41) is 14.5. The van der Waals surface area contributed by atoms with Gasteiger partial charge in [-0.05, 0) is 61.2 Å². The predicted molar refractivity (Wildman–Crippen MR) is 155 cm³/mol. The Balaban J connectivity index is 1.55. The largest absolute Gasteiger partial charge is 0.382 e. The Morgan fingerprint density at radius 1 is 1.13 bits per heavy atom. The molecule has 2 aromatic carbocycles. The van der Waals surface area contributed by atoms with Crippen molar-refractivity contribution in [3.8, 4) is 6.07 Å². The molecule has 1 saturated heterocycles. The number of carbonyl (C=O) groups is 1. The van der Waals surface area contributed by atoms with Gasteiger partial charge in [0.25, 0.3) is 5.91 Å². The Labute approximate surface area is 231 Å². The zero-order valence-electron chi connectivity index (χ0n) is 21.5. The molecule has 1 amide bonds. The SMILES string of the molecule is CC1C(=C2SC(=Nc3cc(C#N)ccc3NCCN(C)C)N(Cc3ccccc3)C2=O)Sc2ncccc21. The summed E-state index contributed by atoms with van der Waals surface area (Å²) in [5.74, 6) is 0.0246. The van der Waals surface area contributed by atoms with Gasteiger partial charge in [0.15, 0.2) is 5.17 Å². The molecule has 192 valence electrons. The Bertz CT molecular complexity index is 1460. The number of aliphatic imine (C=N–C) groups is 1. The first-order valence-corrected chi connectivity index (χ1v) is 14.0. The lowest BCUT2D eigenvalue weighted by Crippen LogP contribution is -2.28. The molecule has 0 radical (unpaired) electrons. The first kappa shape index (κ1) is 26.0. The first-order chi connectivity index (χ1) is 18.4. The van der Waals surface area contributed by atoms with Gasteiger partial charge in [-0.3, -0.25) is 9.69 Å². The highest BCUT2D eigenvalue weighted by Crippen LogP contribution is 2.52. The minimum atomic E-state index is -0.0571. The summed E-state index contributed by atoms with van der Waals surface area (Å²) in [6.45, 7) is 4.11. The van der Waals surface area contributed by atoms with E-state index in [9.17, 15) is 10.1 Å². The van der Waals surface area contributed by atoms with Crippen LogP contribution in [0.25, 0.3) is 0 Å². The molecule has 3 aromatic rings. The molecule has 38 heavy (non-hydrogen) atoms. The summed E-state index contributed by atoms with van der Waals surface area (Å²) >= 11 is 2.97. The van der Waals surface area contributed by atoms with Gasteiger partial charge in [-0.1, -0.05) is 55.1 Å². The molecule has 2 aliphatic heterocycles. The van der Waals surface area contributed by atoms with Crippen LogP contribution in [-0.4, -0.2) is 53.0 Å². The van der Waals surface area contributed by atoms with Crippen molar-refractivity contribution < 1.29 is 4.79 Å². The van der Waals surface area contributed by atoms with Gasteiger partial charge in [0, 0.05) is 30.1 Å². The maximum atomic E-state index is 13.9. The van der Waals surface area contributed by atoms with Crippen LogP contribution in [0.2, 0.25) is 0 Å². The number of nitrogens with zero attached hydrogens (tertiary/aromatic N) is 5. The van der Waals surface area contributed by atoms with Crippen LogP contribution in [0.1, 0.15) is 29.5 Å². The van der Waals surface area contributed by atoms with Crippen LogP contribution in [0.15, 0.2) is 86.7 Å². The Morgan fingerprint density at radius 3 is 2.68 bits per heavy atom. The molecule has 0 bridgehead atoms. The number of amidine groups is 1. The van der Waals surface area contributed by atoms with E-state index in [-0.39, 0.29) is 11.8 Å². The molecule has 1 aromatic heterocycles. The Morgan fingerprint density at radius 2 is 1.95 bits per heavy atom. The highest BCUT2D eigenvalue weighted by Gasteiger charge is 2.40. The fraction of sp³-hybridized carbons (Fsp3) is 0.241. The zero-order valence-corrected chi connectivity index (χ0v) is 23.1. The van der Waals surface area contributed by atoms with Gasteiger partial charge in [0.05, 0.1) is 34.5 Å². The van der Waals surface area contributed by atoms with E-state index in [2.05, 4.69) is 34.3 Å².